The van der Waals surface area contributed by atoms with E-state index in [0.717, 1.165) is 18.5 Å². The van der Waals surface area contributed by atoms with Gasteiger partial charge >= 0.3 is 0 Å². The lowest BCUT2D eigenvalue weighted by atomic mass is 10.0. The molecule has 0 unspecified atom stereocenters. The van der Waals surface area contributed by atoms with Crippen molar-refractivity contribution in [2.24, 2.45) is 0 Å². The number of hydrogen-bond acceptors (Lipinski definition) is 2. The van der Waals surface area contributed by atoms with Crippen molar-refractivity contribution in [3.8, 4) is 0 Å². The highest BCUT2D eigenvalue weighted by Gasteiger charge is 2.00. The lowest BCUT2D eigenvalue weighted by molar-refractivity contribution is 0.311. The first-order valence-electron chi connectivity index (χ1n) is 6.27. The second kappa shape index (κ2) is 7.29. The summed E-state index contributed by atoms with van der Waals surface area (Å²) in [6.07, 6.45) is 4.61. The number of aryl methyl sites for hydroxylation is 2. The molecule has 1 aromatic carbocycles. The van der Waals surface area contributed by atoms with E-state index in [1.165, 1.54) is 24.0 Å². The summed E-state index contributed by atoms with van der Waals surface area (Å²) < 4.78 is 0. The van der Waals surface area contributed by atoms with E-state index in [1.807, 2.05) is 0 Å². The Bertz CT molecular complexity index is 285. The lowest BCUT2D eigenvalue weighted by Crippen LogP contribution is -2.06. The standard InChI is InChI=1S/C14H23NO/c1-3-5-12-9-13(6-4-2)11-14(10-12)15-7-8-16/h9-11,15-16H,3-8H2,1-2H3. The van der Waals surface area contributed by atoms with Gasteiger partial charge in [0.1, 0.15) is 0 Å². The van der Waals surface area contributed by atoms with Crippen LogP contribution in [0.1, 0.15) is 37.8 Å². The Hall–Kier alpha value is -1.02. The number of aliphatic hydroxyl groups excluding tert-OH is 1. The van der Waals surface area contributed by atoms with Gasteiger partial charge in [0.05, 0.1) is 6.61 Å². The van der Waals surface area contributed by atoms with Crippen LogP contribution in [0.25, 0.3) is 0 Å². The molecule has 0 fully saturated rings. The van der Waals surface area contributed by atoms with E-state index in [9.17, 15) is 0 Å². The quantitative estimate of drug-likeness (QED) is 0.742. The Balaban J connectivity index is 2.80. The zero-order chi connectivity index (χ0) is 11.8. The molecule has 0 radical (unpaired) electrons. The van der Waals surface area contributed by atoms with Crippen LogP contribution in [0, 0.1) is 0 Å². The average molecular weight is 221 g/mol. The Labute approximate surface area is 98.7 Å². The van der Waals surface area contributed by atoms with Crippen LogP contribution in [0.3, 0.4) is 0 Å². The normalized spacial score (nSPS) is 10.4. The van der Waals surface area contributed by atoms with Crippen molar-refractivity contribution in [2.45, 2.75) is 39.5 Å². The SMILES string of the molecule is CCCc1cc(CCC)cc(NCCO)c1. The third-order valence-electron chi connectivity index (χ3n) is 2.57. The molecule has 2 heteroatoms. The predicted molar refractivity (Wildman–Crippen MR) is 70.0 cm³/mol. The zero-order valence-electron chi connectivity index (χ0n) is 10.4. The Morgan fingerprint density at radius 1 is 1.00 bits per heavy atom. The van der Waals surface area contributed by atoms with Gasteiger partial charge in [-0.3, -0.25) is 0 Å². The van der Waals surface area contributed by atoms with Crippen molar-refractivity contribution < 1.29 is 5.11 Å². The van der Waals surface area contributed by atoms with Gasteiger partial charge in [-0.2, -0.15) is 0 Å². The highest BCUT2D eigenvalue weighted by molar-refractivity contribution is 5.49. The van der Waals surface area contributed by atoms with E-state index >= 15 is 0 Å². The van der Waals surface area contributed by atoms with E-state index in [2.05, 4.69) is 37.4 Å². The molecule has 0 aromatic heterocycles. The van der Waals surface area contributed by atoms with E-state index in [4.69, 9.17) is 5.11 Å². The molecule has 2 nitrogen and oxygen atoms in total. The minimum atomic E-state index is 0.182. The monoisotopic (exact) mass is 221 g/mol. The fourth-order valence-electron chi connectivity index (χ4n) is 1.93. The molecule has 1 aromatic rings. The molecule has 0 aliphatic rings. The maximum Gasteiger partial charge on any atom is 0.0604 e. The number of nitrogens with one attached hydrogen (secondary N) is 1. The maximum atomic E-state index is 8.81. The lowest BCUT2D eigenvalue weighted by Gasteiger charge is -2.10. The van der Waals surface area contributed by atoms with Gasteiger partial charge < -0.3 is 10.4 Å². The van der Waals surface area contributed by atoms with Gasteiger partial charge in [-0.1, -0.05) is 32.8 Å². The third kappa shape index (κ3) is 4.23. The molecule has 0 aliphatic heterocycles. The summed E-state index contributed by atoms with van der Waals surface area (Å²) in [7, 11) is 0. The molecule has 0 saturated heterocycles. The molecule has 1 rings (SSSR count). The van der Waals surface area contributed by atoms with Gasteiger partial charge in [0.15, 0.2) is 0 Å². The fraction of sp³-hybridized carbons (Fsp3) is 0.571. The first-order valence-corrected chi connectivity index (χ1v) is 6.27. The van der Waals surface area contributed by atoms with Crippen LogP contribution in [0.15, 0.2) is 18.2 Å². The van der Waals surface area contributed by atoms with Crippen LogP contribution >= 0.6 is 0 Å². The summed E-state index contributed by atoms with van der Waals surface area (Å²) in [6.45, 7) is 5.21. The van der Waals surface area contributed by atoms with E-state index < -0.39 is 0 Å². The Morgan fingerprint density at radius 3 is 2.00 bits per heavy atom. The van der Waals surface area contributed by atoms with Gasteiger partial charge in [0, 0.05) is 12.2 Å². The predicted octanol–water partition coefficient (Wildman–Crippen LogP) is 3.00. The van der Waals surface area contributed by atoms with Gasteiger partial charge in [0.25, 0.3) is 0 Å². The Kier molecular flexibility index (Phi) is 5.94. The van der Waals surface area contributed by atoms with Crippen LogP contribution < -0.4 is 5.32 Å². The molecule has 0 atom stereocenters. The van der Waals surface area contributed by atoms with E-state index in [1.54, 1.807) is 0 Å². The van der Waals surface area contributed by atoms with Crippen molar-refractivity contribution in [2.75, 3.05) is 18.5 Å². The van der Waals surface area contributed by atoms with Crippen LogP contribution in [0.5, 0.6) is 0 Å². The van der Waals surface area contributed by atoms with Crippen LogP contribution in [-0.4, -0.2) is 18.3 Å². The number of anilines is 1. The highest BCUT2D eigenvalue weighted by atomic mass is 16.3. The summed E-state index contributed by atoms with van der Waals surface area (Å²) >= 11 is 0. The fourth-order valence-corrected chi connectivity index (χ4v) is 1.93. The molecule has 0 amide bonds. The van der Waals surface area contributed by atoms with Crippen molar-refractivity contribution in [3.63, 3.8) is 0 Å². The highest BCUT2D eigenvalue weighted by Crippen LogP contribution is 2.17. The van der Waals surface area contributed by atoms with E-state index in [-0.39, 0.29) is 6.61 Å². The maximum absolute atomic E-state index is 8.81. The summed E-state index contributed by atoms with van der Waals surface area (Å²) in [5.41, 5.74) is 3.94. The van der Waals surface area contributed by atoms with Crippen molar-refractivity contribution >= 4 is 5.69 Å². The topological polar surface area (TPSA) is 32.3 Å². The average Bonchev–Trinajstić information content (AvgIpc) is 2.27. The third-order valence-corrected chi connectivity index (χ3v) is 2.57. The molecule has 0 saturated carbocycles. The first kappa shape index (κ1) is 13.0. The van der Waals surface area contributed by atoms with Crippen LogP contribution in [-0.2, 0) is 12.8 Å². The molecule has 90 valence electrons. The summed E-state index contributed by atoms with van der Waals surface area (Å²) in [5, 5.41) is 12.1. The molecule has 0 spiro atoms. The number of aliphatic hydroxyl groups is 1. The van der Waals surface area contributed by atoms with Gasteiger partial charge in [0.2, 0.25) is 0 Å². The van der Waals surface area contributed by atoms with Gasteiger partial charge in [-0.25, -0.2) is 0 Å². The van der Waals surface area contributed by atoms with Crippen molar-refractivity contribution in [1.29, 1.82) is 0 Å². The molecule has 0 aliphatic carbocycles. The number of benzene rings is 1. The second-order valence-electron chi connectivity index (χ2n) is 4.19. The van der Waals surface area contributed by atoms with Crippen molar-refractivity contribution in [1.82, 2.24) is 0 Å². The van der Waals surface area contributed by atoms with E-state index in [0.29, 0.717) is 6.54 Å². The minimum Gasteiger partial charge on any atom is -0.395 e. The summed E-state index contributed by atoms with van der Waals surface area (Å²) in [5.74, 6) is 0. The molecule has 2 N–H and O–H groups in total. The molecular formula is C14H23NO. The number of rotatable bonds is 7. The van der Waals surface area contributed by atoms with Crippen LogP contribution in [0.4, 0.5) is 5.69 Å². The summed E-state index contributed by atoms with van der Waals surface area (Å²) in [4.78, 5) is 0. The van der Waals surface area contributed by atoms with Crippen molar-refractivity contribution in [3.05, 3.63) is 29.3 Å². The van der Waals surface area contributed by atoms with Crippen LogP contribution in [0.2, 0.25) is 0 Å². The minimum absolute atomic E-state index is 0.182. The molecular weight excluding hydrogens is 198 g/mol. The molecule has 16 heavy (non-hydrogen) atoms. The first-order chi connectivity index (χ1) is 7.80. The number of hydrogen-bond donors (Lipinski definition) is 2. The molecule has 0 heterocycles. The second-order valence-corrected chi connectivity index (χ2v) is 4.19. The van der Waals surface area contributed by atoms with Gasteiger partial charge in [-0.15, -0.1) is 0 Å². The summed E-state index contributed by atoms with van der Waals surface area (Å²) in [6, 6.07) is 6.69. The Morgan fingerprint density at radius 2 is 1.56 bits per heavy atom. The zero-order valence-corrected chi connectivity index (χ0v) is 10.4. The smallest absolute Gasteiger partial charge is 0.0604 e. The van der Waals surface area contributed by atoms with Gasteiger partial charge in [-0.05, 0) is 36.1 Å². The largest absolute Gasteiger partial charge is 0.395 e. The molecule has 0 bridgehead atoms.